The number of carbonyl (C=O) groups is 1. The third-order valence-electron chi connectivity index (χ3n) is 8.22. The zero-order valence-corrected chi connectivity index (χ0v) is 24.1. The van der Waals surface area contributed by atoms with Crippen LogP contribution in [-0.2, 0) is 10.2 Å². The van der Waals surface area contributed by atoms with Crippen molar-refractivity contribution in [3.63, 3.8) is 0 Å². The van der Waals surface area contributed by atoms with Crippen LogP contribution < -0.4 is 5.56 Å². The number of pyridine rings is 2. The normalized spacial score (nSPS) is 15.9. The molecule has 0 atom stereocenters. The molecule has 0 amide bonds. The van der Waals surface area contributed by atoms with Gasteiger partial charge in [0.1, 0.15) is 16.9 Å². The van der Waals surface area contributed by atoms with Gasteiger partial charge in [-0.1, -0.05) is 29.8 Å². The first-order valence-corrected chi connectivity index (χ1v) is 13.8. The molecule has 2 aromatic heterocycles. The monoisotopic (exact) mass is 561 g/mol. The van der Waals surface area contributed by atoms with Gasteiger partial charge in [0.25, 0.3) is 5.56 Å². The zero-order chi connectivity index (χ0) is 29.0. The van der Waals surface area contributed by atoms with E-state index in [2.05, 4.69) is 25.7 Å². The topological polar surface area (TPSA) is 75.4 Å². The average Bonchev–Trinajstić information content (AvgIpc) is 2.88. The van der Waals surface area contributed by atoms with Crippen LogP contribution in [0.25, 0.3) is 27.8 Å². The van der Waals surface area contributed by atoms with Crippen LogP contribution in [0.5, 0.6) is 0 Å². The molecule has 0 spiro atoms. The van der Waals surface area contributed by atoms with Gasteiger partial charge in [-0.3, -0.25) is 19.1 Å². The van der Waals surface area contributed by atoms with E-state index in [4.69, 9.17) is 16.6 Å². The smallest absolute Gasteiger partial charge is 0.315 e. The number of benzene rings is 2. The minimum absolute atomic E-state index is 0.0973. The Morgan fingerprint density at radius 2 is 1.70 bits per heavy atom. The third-order valence-corrected chi connectivity index (χ3v) is 8.52. The highest BCUT2D eigenvalue weighted by Crippen LogP contribution is 2.41. The van der Waals surface area contributed by atoms with Gasteiger partial charge >= 0.3 is 5.97 Å². The fraction of sp³-hybridized carbons (Fsp3) is 0.344. The summed E-state index contributed by atoms with van der Waals surface area (Å²) >= 11 is 6.63. The number of para-hydroxylation sites is 1. The van der Waals surface area contributed by atoms with Crippen molar-refractivity contribution >= 4 is 28.6 Å². The second kappa shape index (κ2) is 10.1. The van der Waals surface area contributed by atoms with Crippen LogP contribution in [0.15, 0.2) is 59.4 Å². The number of hydrogen-bond acceptors (Lipinski definition) is 4. The standard InChI is InChI=1S/C32H33ClFN3O3/c1-19-7-6-8-25(33)28(19)37-27(38)12-11-23-24(22-10-9-21(34)17-20(22)2)18-26(35-29(23)37)32(30(39)40)13-15-36(16-14-32)31(3,4)5/h6-12,17-18H,13-16H2,1-5H3,(H,39,40). The first-order chi connectivity index (χ1) is 18.8. The number of rotatable bonds is 4. The van der Waals surface area contributed by atoms with Crippen LogP contribution in [0.1, 0.15) is 50.4 Å². The number of carboxylic acids is 1. The Morgan fingerprint density at radius 3 is 2.30 bits per heavy atom. The van der Waals surface area contributed by atoms with E-state index in [1.165, 1.54) is 22.8 Å². The summed E-state index contributed by atoms with van der Waals surface area (Å²) in [7, 11) is 0. The van der Waals surface area contributed by atoms with Crippen molar-refractivity contribution in [2.24, 2.45) is 0 Å². The molecule has 2 aromatic carbocycles. The Hall–Kier alpha value is -3.55. The zero-order valence-electron chi connectivity index (χ0n) is 23.4. The molecule has 0 aliphatic carbocycles. The van der Waals surface area contributed by atoms with E-state index in [9.17, 15) is 19.1 Å². The van der Waals surface area contributed by atoms with Gasteiger partial charge in [0.15, 0.2) is 0 Å². The highest BCUT2D eigenvalue weighted by Gasteiger charge is 2.46. The lowest BCUT2D eigenvalue weighted by molar-refractivity contribution is -0.146. The van der Waals surface area contributed by atoms with Crippen LogP contribution in [-0.4, -0.2) is 44.2 Å². The quantitative estimate of drug-likeness (QED) is 0.301. The second-order valence-corrected chi connectivity index (χ2v) is 12.1. The van der Waals surface area contributed by atoms with Gasteiger partial charge in [-0.15, -0.1) is 0 Å². The number of piperidine rings is 1. The number of likely N-dealkylation sites (tertiary alicyclic amines) is 1. The molecule has 8 heteroatoms. The largest absolute Gasteiger partial charge is 0.481 e. The molecule has 40 heavy (non-hydrogen) atoms. The Balaban J connectivity index is 1.86. The van der Waals surface area contributed by atoms with E-state index in [0.29, 0.717) is 64.5 Å². The molecule has 1 saturated heterocycles. The fourth-order valence-electron chi connectivity index (χ4n) is 5.87. The summed E-state index contributed by atoms with van der Waals surface area (Å²) in [5.41, 5.74) is 2.41. The van der Waals surface area contributed by atoms with Crippen LogP contribution in [0.4, 0.5) is 4.39 Å². The lowest BCUT2D eigenvalue weighted by Gasteiger charge is -2.44. The Kier molecular flexibility index (Phi) is 7.09. The van der Waals surface area contributed by atoms with Gasteiger partial charge in [0.2, 0.25) is 0 Å². The number of aryl methyl sites for hydroxylation is 2. The highest BCUT2D eigenvalue weighted by atomic mass is 35.5. The summed E-state index contributed by atoms with van der Waals surface area (Å²) in [4.78, 5) is 33.7. The van der Waals surface area contributed by atoms with E-state index in [0.717, 1.165) is 11.1 Å². The summed E-state index contributed by atoms with van der Waals surface area (Å²) < 4.78 is 15.6. The van der Waals surface area contributed by atoms with Crippen molar-refractivity contribution in [1.29, 1.82) is 0 Å². The van der Waals surface area contributed by atoms with Crippen molar-refractivity contribution in [3.8, 4) is 16.8 Å². The van der Waals surface area contributed by atoms with Gasteiger partial charge in [-0.25, -0.2) is 9.37 Å². The Bertz CT molecular complexity index is 1680. The van der Waals surface area contributed by atoms with E-state index in [1.807, 2.05) is 32.0 Å². The first kappa shape index (κ1) is 28.0. The molecule has 1 aliphatic rings. The van der Waals surface area contributed by atoms with Gasteiger partial charge < -0.3 is 5.11 Å². The summed E-state index contributed by atoms with van der Waals surface area (Å²) in [6.07, 6.45) is 0.726. The number of hydrogen-bond donors (Lipinski definition) is 1. The summed E-state index contributed by atoms with van der Waals surface area (Å²) in [6.45, 7) is 11.2. The van der Waals surface area contributed by atoms with Crippen LogP contribution in [0, 0.1) is 19.7 Å². The SMILES string of the molecule is Cc1cc(F)ccc1-c1cc(C2(C(=O)O)CCN(C(C)(C)C)CC2)nc2c1ccc(=O)n2-c1c(C)cccc1Cl. The van der Waals surface area contributed by atoms with E-state index >= 15 is 0 Å². The third kappa shape index (κ3) is 4.71. The van der Waals surface area contributed by atoms with Gasteiger partial charge in [0.05, 0.1) is 16.4 Å². The number of aromatic nitrogens is 2. The highest BCUT2D eigenvalue weighted by molar-refractivity contribution is 6.32. The summed E-state index contributed by atoms with van der Waals surface area (Å²) in [5, 5.41) is 11.7. The van der Waals surface area contributed by atoms with E-state index in [-0.39, 0.29) is 16.9 Å². The molecule has 0 saturated carbocycles. The molecular weight excluding hydrogens is 529 g/mol. The van der Waals surface area contributed by atoms with Crippen LogP contribution in [0.2, 0.25) is 5.02 Å². The van der Waals surface area contributed by atoms with Gasteiger partial charge in [-0.05, 0) is 100 Å². The summed E-state index contributed by atoms with van der Waals surface area (Å²) in [6, 6.07) is 14.9. The number of carboxylic acid groups (broad SMARTS) is 1. The molecule has 1 N–H and O–H groups in total. The molecule has 1 aliphatic heterocycles. The summed E-state index contributed by atoms with van der Waals surface area (Å²) in [5.74, 6) is -1.31. The van der Waals surface area contributed by atoms with Crippen molar-refractivity contribution in [3.05, 3.63) is 92.6 Å². The molecule has 0 bridgehead atoms. The van der Waals surface area contributed by atoms with Crippen molar-refractivity contribution in [1.82, 2.24) is 14.5 Å². The maximum absolute atomic E-state index is 14.1. The lowest BCUT2D eigenvalue weighted by Crippen LogP contribution is -2.53. The predicted molar refractivity (Wildman–Crippen MR) is 157 cm³/mol. The molecular formula is C32H33ClFN3O3. The van der Waals surface area contributed by atoms with Gasteiger partial charge in [0, 0.05) is 30.1 Å². The molecule has 4 aromatic rings. The molecule has 5 rings (SSSR count). The first-order valence-electron chi connectivity index (χ1n) is 13.4. The number of halogens is 2. The Labute approximate surface area is 238 Å². The van der Waals surface area contributed by atoms with Crippen molar-refractivity contribution in [2.45, 2.75) is 58.4 Å². The van der Waals surface area contributed by atoms with Crippen LogP contribution >= 0.6 is 11.6 Å². The Morgan fingerprint density at radius 1 is 1.00 bits per heavy atom. The molecule has 6 nitrogen and oxygen atoms in total. The molecule has 0 radical (unpaired) electrons. The predicted octanol–water partition coefficient (Wildman–Crippen LogP) is 6.68. The maximum atomic E-state index is 14.1. The molecule has 0 unspecified atom stereocenters. The molecule has 3 heterocycles. The minimum atomic E-state index is -1.26. The number of aliphatic carboxylic acids is 1. The lowest BCUT2D eigenvalue weighted by atomic mass is 9.74. The number of fused-ring (bicyclic) bond motifs is 1. The maximum Gasteiger partial charge on any atom is 0.315 e. The van der Waals surface area contributed by atoms with Crippen molar-refractivity contribution < 1.29 is 14.3 Å². The minimum Gasteiger partial charge on any atom is -0.481 e. The van der Waals surface area contributed by atoms with Crippen LogP contribution in [0.3, 0.4) is 0 Å². The average molecular weight is 562 g/mol. The number of nitrogens with zero attached hydrogens (tertiary/aromatic N) is 3. The van der Waals surface area contributed by atoms with Crippen molar-refractivity contribution in [2.75, 3.05) is 13.1 Å². The molecule has 208 valence electrons. The van der Waals surface area contributed by atoms with Gasteiger partial charge in [-0.2, -0.15) is 0 Å². The molecule has 1 fully saturated rings. The van der Waals surface area contributed by atoms with E-state index < -0.39 is 11.4 Å². The van der Waals surface area contributed by atoms with E-state index in [1.54, 1.807) is 18.2 Å². The second-order valence-electron chi connectivity index (χ2n) is 11.7. The fourth-order valence-corrected chi connectivity index (χ4v) is 6.17.